The van der Waals surface area contributed by atoms with Crippen molar-refractivity contribution >= 4 is 18.3 Å². The second kappa shape index (κ2) is 6.24. The second-order valence-electron chi connectivity index (χ2n) is 7.06. The van der Waals surface area contributed by atoms with Crippen LogP contribution in [0.2, 0.25) is 0 Å². The van der Waals surface area contributed by atoms with Gasteiger partial charge in [-0.05, 0) is 12.8 Å². The van der Waals surface area contributed by atoms with Crippen LogP contribution in [0.1, 0.15) is 26.7 Å². The third-order valence-corrected chi connectivity index (χ3v) is 5.67. The Kier molecular flexibility index (Phi) is 5.09. The molecule has 2 heterocycles. The number of ether oxygens (including phenoxy) is 2. The Morgan fingerprint density at radius 2 is 2.09 bits per heavy atom. The molecule has 4 atom stereocenters. The molecule has 0 radical (unpaired) electrons. The van der Waals surface area contributed by atoms with E-state index >= 15 is 0 Å². The van der Waals surface area contributed by atoms with Gasteiger partial charge in [0.25, 0.3) is 0 Å². The molecule has 0 aromatic rings. The molecule has 6 nitrogen and oxygen atoms in total. The summed E-state index contributed by atoms with van der Waals surface area (Å²) in [5.74, 6) is 0.0881. The van der Waals surface area contributed by atoms with Crippen molar-refractivity contribution in [2.75, 3.05) is 32.9 Å². The van der Waals surface area contributed by atoms with Crippen LogP contribution in [0.5, 0.6) is 0 Å². The molecule has 0 aromatic heterocycles. The minimum absolute atomic E-state index is 0. The Labute approximate surface area is 137 Å². The summed E-state index contributed by atoms with van der Waals surface area (Å²) >= 11 is 0. The molecule has 7 heteroatoms. The topological polar surface area (TPSA) is 85.0 Å². The first-order chi connectivity index (χ1) is 9.92. The second-order valence-corrected chi connectivity index (χ2v) is 7.06. The Hall–Kier alpha value is -0.400. The number of nitrogens with zero attached hydrogens (tertiary/aromatic N) is 1. The summed E-state index contributed by atoms with van der Waals surface area (Å²) in [6.07, 6.45) is 1.69. The highest BCUT2D eigenvalue weighted by Crippen LogP contribution is 2.58. The lowest BCUT2D eigenvalue weighted by Crippen LogP contribution is -2.82. The van der Waals surface area contributed by atoms with E-state index in [2.05, 4.69) is 0 Å². The molecular formula is C15H27ClN2O4. The van der Waals surface area contributed by atoms with Gasteiger partial charge in [-0.1, -0.05) is 13.8 Å². The average Bonchev–Trinajstić information content (AvgIpc) is 2.53. The number of morpholine rings is 1. The maximum absolute atomic E-state index is 13.0. The Morgan fingerprint density at radius 3 is 2.77 bits per heavy atom. The molecule has 0 bridgehead atoms. The van der Waals surface area contributed by atoms with Gasteiger partial charge in [-0.3, -0.25) is 4.79 Å². The molecule has 22 heavy (non-hydrogen) atoms. The lowest BCUT2D eigenvalue weighted by Gasteiger charge is -2.66. The van der Waals surface area contributed by atoms with Crippen LogP contribution in [0.4, 0.5) is 0 Å². The summed E-state index contributed by atoms with van der Waals surface area (Å²) in [5, 5.41) is 9.24. The van der Waals surface area contributed by atoms with Crippen LogP contribution < -0.4 is 5.73 Å². The van der Waals surface area contributed by atoms with Crippen LogP contribution in [0.15, 0.2) is 0 Å². The standard InChI is InChI=1S/C15H26N2O4.ClH/c1-14(2)12-11(4-3-6-21-12)15(14,16)13(19)17-5-7-20-10(8-17)9-18;/h10-12,18H,3-9,16H2,1-2H3;1H. The van der Waals surface area contributed by atoms with E-state index in [9.17, 15) is 9.90 Å². The summed E-state index contributed by atoms with van der Waals surface area (Å²) in [6, 6.07) is 0. The molecule has 0 spiro atoms. The fourth-order valence-corrected chi connectivity index (χ4v) is 4.29. The number of aliphatic hydroxyl groups excluding tert-OH is 1. The van der Waals surface area contributed by atoms with Gasteiger partial charge in [0.15, 0.2) is 0 Å². The number of carbonyl (C=O) groups excluding carboxylic acids is 1. The summed E-state index contributed by atoms with van der Waals surface area (Å²) < 4.78 is 11.3. The van der Waals surface area contributed by atoms with Gasteiger partial charge < -0.3 is 25.2 Å². The average molecular weight is 335 g/mol. The van der Waals surface area contributed by atoms with Crippen molar-refractivity contribution in [2.24, 2.45) is 17.1 Å². The molecule has 3 rings (SSSR count). The van der Waals surface area contributed by atoms with Gasteiger partial charge >= 0.3 is 0 Å². The number of carbonyl (C=O) groups is 1. The molecule has 2 aliphatic heterocycles. The van der Waals surface area contributed by atoms with Crippen molar-refractivity contribution in [2.45, 2.75) is 44.4 Å². The monoisotopic (exact) mass is 334 g/mol. The first-order valence-corrected chi connectivity index (χ1v) is 7.85. The summed E-state index contributed by atoms with van der Waals surface area (Å²) in [5.41, 5.74) is 5.40. The van der Waals surface area contributed by atoms with Gasteiger partial charge in [0, 0.05) is 31.0 Å². The maximum atomic E-state index is 13.0. The van der Waals surface area contributed by atoms with E-state index < -0.39 is 5.54 Å². The van der Waals surface area contributed by atoms with Crippen LogP contribution >= 0.6 is 12.4 Å². The van der Waals surface area contributed by atoms with Gasteiger partial charge in [-0.15, -0.1) is 12.4 Å². The smallest absolute Gasteiger partial charge is 0.243 e. The number of fused-ring (bicyclic) bond motifs is 1. The number of amides is 1. The van der Waals surface area contributed by atoms with Crippen LogP contribution in [0, 0.1) is 11.3 Å². The lowest BCUT2D eigenvalue weighted by molar-refractivity contribution is -0.232. The number of hydrogen-bond donors (Lipinski definition) is 2. The van der Waals surface area contributed by atoms with Crippen LogP contribution in [0.25, 0.3) is 0 Å². The van der Waals surface area contributed by atoms with E-state index in [0.29, 0.717) is 19.7 Å². The van der Waals surface area contributed by atoms with Gasteiger partial charge in [0.2, 0.25) is 5.91 Å². The lowest BCUT2D eigenvalue weighted by atomic mass is 9.46. The molecule has 3 fully saturated rings. The normalized spacial score (nSPS) is 40.2. The van der Waals surface area contributed by atoms with Crippen molar-refractivity contribution in [3.05, 3.63) is 0 Å². The van der Waals surface area contributed by atoms with Crippen molar-refractivity contribution < 1.29 is 19.4 Å². The van der Waals surface area contributed by atoms with Crippen LogP contribution in [-0.4, -0.2) is 66.6 Å². The number of rotatable bonds is 2. The van der Waals surface area contributed by atoms with Crippen LogP contribution in [0.3, 0.4) is 0 Å². The predicted molar refractivity (Wildman–Crippen MR) is 83.8 cm³/mol. The zero-order valence-electron chi connectivity index (χ0n) is 13.3. The van der Waals surface area contributed by atoms with Gasteiger partial charge in [-0.2, -0.15) is 0 Å². The fourth-order valence-electron chi connectivity index (χ4n) is 4.29. The Bertz CT molecular complexity index is 434. The van der Waals surface area contributed by atoms with Crippen molar-refractivity contribution in [1.29, 1.82) is 0 Å². The molecule has 2 saturated heterocycles. The van der Waals surface area contributed by atoms with Gasteiger partial charge in [0.1, 0.15) is 5.54 Å². The highest BCUT2D eigenvalue weighted by atomic mass is 35.5. The largest absolute Gasteiger partial charge is 0.394 e. The quantitative estimate of drug-likeness (QED) is 0.751. The van der Waals surface area contributed by atoms with E-state index in [1.165, 1.54) is 0 Å². The third kappa shape index (κ3) is 2.36. The van der Waals surface area contributed by atoms with Crippen molar-refractivity contribution in [3.8, 4) is 0 Å². The minimum Gasteiger partial charge on any atom is -0.394 e. The van der Waals surface area contributed by atoms with Crippen molar-refractivity contribution in [3.63, 3.8) is 0 Å². The molecule has 128 valence electrons. The summed E-state index contributed by atoms with van der Waals surface area (Å²) in [6.45, 7) is 6.17. The molecule has 1 aliphatic carbocycles. The molecule has 3 aliphatic rings. The highest BCUT2D eigenvalue weighted by Gasteiger charge is 2.70. The molecule has 3 N–H and O–H groups in total. The Morgan fingerprint density at radius 1 is 1.36 bits per heavy atom. The zero-order valence-corrected chi connectivity index (χ0v) is 14.1. The van der Waals surface area contributed by atoms with E-state index in [4.69, 9.17) is 15.2 Å². The Balaban J connectivity index is 0.00000176. The molecule has 4 unspecified atom stereocenters. The fraction of sp³-hybridized carbons (Fsp3) is 0.933. The number of halogens is 1. The summed E-state index contributed by atoms with van der Waals surface area (Å²) in [4.78, 5) is 14.8. The molecular weight excluding hydrogens is 308 g/mol. The minimum atomic E-state index is -0.866. The predicted octanol–water partition coefficient (Wildman–Crippen LogP) is 0.160. The highest BCUT2D eigenvalue weighted by molar-refractivity contribution is 5.89. The SMILES string of the molecule is CC1(C)C2OCCCC2C1(N)C(=O)N1CCOC(CO)C1.Cl. The van der Waals surface area contributed by atoms with Gasteiger partial charge in [0.05, 0.1) is 25.4 Å². The molecule has 1 amide bonds. The number of aliphatic hydroxyl groups is 1. The third-order valence-electron chi connectivity index (χ3n) is 5.67. The first kappa shape index (κ1) is 17.9. The van der Waals surface area contributed by atoms with E-state index in [1.54, 1.807) is 4.90 Å². The number of hydrogen-bond acceptors (Lipinski definition) is 5. The van der Waals surface area contributed by atoms with Crippen molar-refractivity contribution in [1.82, 2.24) is 4.90 Å². The van der Waals surface area contributed by atoms with Crippen LogP contribution in [-0.2, 0) is 14.3 Å². The van der Waals surface area contributed by atoms with E-state index in [1.807, 2.05) is 13.8 Å². The zero-order chi connectivity index (χ0) is 15.3. The maximum Gasteiger partial charge on any atom is 0.243 e. The molecule has 0 aromatic carbocycles. The summed E-state index contributed by atoms with van der Waals surface area (Å²) in [7, 11) is 0. The molecule has 1 saturated carbocycles. The number of nitrogens with two attached hydrogens (primary N) is 1. The van der Waals surface area contributed by atoms with E-state index in [0.717, 1.165) is 19.4 Å². The first-order valence-electron chi connectivity index (χ1n) is 7.85. The van der Waals surface area contributed by atoms with Gasteiger partial charge in [-0.25, -0.2) is 0 Å². The van der Waals surface area contributed by atoms with E-state index in [-0.39, 0.29) is 48.5 Å².